The minimum absolute atomic E-state index is 0.111. The van der Waals surface area contributed by atoms with Crippen molar-refractivity contribution in [3.05, 3.63) is 24.1 Å². The van der Waals surface area contributed by atoms with E-state index in [9.17, 15) is 4.79 Å². The lowest BCUT2D eigenvalue weighted by Crippen LogP contribution is -1.99. The number of fused-ring (bicyclic) bond motifs is 1. The number of carbonyl (C=O) groups is 1. The van der Waals surface area contributed by atoms with Crippen LogP contribution in [0.1, 0.15) is 19.2 Å². The summed E-state index contributed by atoms with van der Waals surface area (Å²) in [5.74, 6) is 0.551. The van der Waals surface area contributed by atoms with Crippen LogP contribution < -0.4 is 5.73 Å². The molecule has 2 rings (SSSR count). The van der Waals surface area contributed by atoms with Gasteiger partial charge in [0.2, 0.25) is 5.89 Å². The summed E-state index contributed by atoms with van der Waals surface area (Å²) in [4.78, 5) is 15.4. The van der Waals surface area contributed by atoms with E-state index in [1.807, 2.05) is 19.1 Å². The van der Waals surface area contributed by atoms with E-state index in [0.29, 0.717) is 29.1 Å². The smallest absolute Gasteiger partial charge is 0.203 e. The summed E-state index contributed by atoms with van der Waals surface area (Å²) >= 11 is 0. The Hall–Kier alpha value is -1.84. The normalized spacial score (nSPS) is 10.7. The number of anilines is 1. The van der Waals surface area contributed by atoms with Gasteiger partial charge in [0, 0.05) is 6.42 Å². The summed E-state index contributed by atoms with van der Waals surface area (Å²) in [7, 11) is 0. The second-order valence-corrected chi connectivity index (χ2v) is 3.37. The zero-order chi connectivity index (χ0) is 10.8. The highest BCUT2D eigenvalue weighted by molar-refractivity contribution is 5.86. The first-order chi connectivity index (χ1) is 7.20. The van der Waals surface area contributed by atoms with E-state index < -0.39 is 0 Å². The molecule has 0 aliphatic heterocycles. The van der Waals surface area contributed by atoms with Gasteiger partial charge in [0.15, 0.2) is 5.58 Å². The molecule has 0 bridgehead atoms. The van der Waals surface area contributed by atoms with Crippen molar-refractivity contribution in [2.24, 2.45) is 0 Å². The van der Waals surface area contributed by atoms with Gasteiger partial charge >= 0.3 is 0 Å². The van der Waals surface area contributed by atoms with Crippen molar-refractivity contribution in [3.8, 4) is 0 Å². The summed E-state index contributed by atoms with van der Waals surface area (Å²) in [5, 5.41) is 0. The second-order valence-electron chi connectivity index (χ2n) is 3.37. The summed E-state index contributed by atoms with van der Waals surface area (Å²) < 4.78 is 5.41. The van der Waals surface area contributed by atoms with Gasteiger partial charge in [-0.3, -0.25) is 4.79 Å². The molecule has 4 heteroatoms. The SMILES string of the molecule is CCC(=O)Cc1nc2cccc(N)c2o1. The molecule has 15 heavy (non-hydrogen) atoms. The van der Waals surface area contributed by atoms with Crippen LogP contribution in [0.4, 0.5) is 5.69 Å². The van der Waals surface area contributed by atoms with Crippen molar-refractivity contribution < 1.29 is 9.21 Å². The molecule has 0 saturated carbocycles. The number of nitrogens with two attached hydrogens (primary N) is 1. The van der Waals surface area contributed by atoms with Crippen molar-refractivity contribution in [3.63, 3.8) is 0 Å². The van der Waals surface area contributed by atoms with Crippen LogP contribution in [0.5, 0.6) is 0 Å². The number of rotatable bonds is 3. The minimum Gasteiger partial charge on any atom is -0.438 e. The quantitative estimate of drug-likeness (QED) is 0.775. The van der Waals surface area contributed by atoms with Crippen molar-refractivity contribution in [1.29, 1.82) is 0 Å². The van der Waals surface area contributed by atoms with Gasteiger partial charge in [-0.15, -0.1) is 0 Å². The van der Waals surface area contributed by atoms with E-state index in [1.54, 1.807) is 6.07 Å². The van der Waals surface area contributed by atoms with Gasteiger partial charge in [-0.2, -0.15) is 0 Å². The Labute approximate surface area is 87.1 Å². The third kappa shape index (κ3) is 1.83. The van der Waals surface area contributed by atoms with Gasteiger partial charge in [-0.1, -0.05) is 13.0 Å². The summed E-state index contributed by atoms with van der Waals surface area (Å²) in [6.07, 6.45) is 0.735. The molecule has 1 aromatic carbocycles. The molecule has 0 unspecified atom stereocenters. The van der Waals surface area contributed by atoms with E-state index in [4.69, 9.17) is 10.2 Å². The Morgan fingerprint density at radius 3 is 3.00 bits per heavy atom. The molecule has 1 aromatic heterocycles. The molecule has 1 heterocycles. The highest BCUT2D eigenvalue weighted by Crippen LogP contribution is 2.21. The third-order valence-electron chi connectivity index (χ3n) is 2.23. The monoisotopic (exact) mass is 204 g/mol. The predicted octanol–water partition coefficient (Wildman–Crippen LogP) is 1.93. The Balaban J connectivity index is 2.39. The number of aromatic nitrogens is 1. The molecule has 0 aliphatic rings. The predicted molar refractivity (Wildman–Crippen MR) is 57.4 cm³/mol. The lowest BCUT2D eigenvalue weighted by molar-refractivity contribution is -0.118. The van der Waals surface area contributed by atoms with Crippen molar-refractivity contribution >= 4 is 22.6 Å². The molecule has 2 N–H and O–H groups in total. The summed E-state index contributed by atoms with van der Waals surface area (Å²) in [5.41, 5.74) is 7.53. The second kappa shape index (κ2) is 3.73. The van der Waals surface area contributed by atoms with Crippen LogP contribution in [0, 0.1) is 0 Å². The maximum atomic E-state index is 11.2. The number of oxazole rings is 1. The molecule has 2 aromatic rings. The standard InChI is InChI=1S/C11H12N2O2/c1-2-7(14)6-10-13-9-5-3-4-8(12)11(9)15-10/h3-5H,2,6,12H2,1H3. The van der Waals surface area contributed by atoms with Gasteiger partial charge in [0.05, 0.1) is 12.1 Å². The van der Waals surface area contributed by atoms with Crippen LogP contribution in [0.25, 0.3) is 11.1 Å². The Morgan fingerprint density at radius 1 is 1.53 bits per heavy atom. The lowest BCUT2D eigenvalue weighted by atomic mass is 10.2. The number of hydrogen-bond donors (Lipinski definition) is 1. The van der Waals surface area contributed by atoms with E-state index in [1.165, 1.54) is 0 Å². The highest BCUT2D eigenvalue weighted by atomic mass is 16.3. The molecular formula is C11H12N2O2. The number of carbonyl (C=O) groups excluding carboxylic acids is 1. The molecule has 0 atom stereocenters. The van der Waals surface area contributed by atoms with Crippen molar-refractivity contribution in [1.82, 2.24) is 4.98 Å². The number of nitrogen functional groups attached to an aromatic ring is 1. The number of para-hydroxylation sites is 1. The zero-order valence-corrected chi connectivity index (χ0v) is 8.49. The Kier molecular flexibility index (Phi) is 2.41. The van der Waals surface area contributed by atoms with Gasteiger partial charge < -0.3 is 10.2 Å². The molecule has 4 nitrogen and oxygen atoms in total. The van der Waals surface area contributed by atoms with Crippen molar-refractivity contribution in [2.75, 3.05) is 5.73 Å². The van der Waals surface area contributed by atoms with Gasteiger partial charge in [-0.05, 0) is 12.1 Å². The molecule has 0 radical (unpaired) electrons. The topological polar surface area (TPSA) is 69.1 Å². The number of ketones is 1. The summed E-state index contributed by atoms with van der Waals surface area (Å²) in [6.45, 7) is 1.82. The van der Waals surface area contributed by atoms with Crippen LogP contribution in [0.3, 0.4) is 0 Å². The average molecular weight is 204 g/mol. The lowest BCUT2D eigenvalue weighted by Gasteiger charge is -1.91. The molecule has 0 amide bonds. The summed E-state index contributed by atoms with van der Waals surface area (Å²) in [6, 6.07) is 5.37. The first kappa shape index (κ1) is 9.71. The van der Waals surface area contributed by atoms with Crippen LogP contribution in [0.15, 0.2) is 22.6 Å². The molecule has 0 aliphatic carbocycles. The van der Waals surface area contributed by atoms with Crippen LogP contribution in [0.2, 0.25) is 0 Å². The first-order valence-electron chi connectivity index (χ1n) is 4.86. The molecule has 0 spiro atoms. The van der Waals surface area contributed by atoms with Gasteiger partial charge in [-0.25, -0.2) is 4.98 Å². The van der Waals surface area contributed by atoms with Gasteiger partial charge in [0.1, 0.15) is 11.3 Å². The molecule has 0 fully saturated rings. The number of hydrogen-bond acceptors (Lipinski definition) is 4. The van der Waals surface area contributed by atoms with Crippen LogP contribution >= 0.6 is 0 Å². The molecule has 78 valence electrons. The maximum Gasteiger partial charge on any atom is 0.203 e. The number of Topliss-reactive ketones (excluding diaryl/α,β-unsaturated/α-hetero) is 1. The number of benzene rings is 1. The van der Waals surface area contributed by atoms with Gasteiger partial charge in [0.25, 0.3) is 0 Å². The van der Waals surface area contributed by atoms with Crippen LogP contribution in [-0.2, 0) is 11.2 Å². The van der Waals surface area contributed by atoms with Crippen molar-refractivity contribution in [2.45, 2.75) is 19.8 Å². The fraction of sp³-hybridized carbons (Fsp3) is 0.273. The third-order valence-corrected chi connectivity index (χ3v) is 2.23. The van der Waals surface area contributed by atoms with E-state index in [2.05, 4.69) is 4.98 Å². The zero-order valence-electron chi connectivity index (χ0n) is 8.49. The molecular weight excluding hydrogens is 192 g/mol. The first-order valence-corrected chi connectivity index (χ1v) is 4.86. The maximum absolute atomic E-state index is 11.2. The Bertz CT molecular complexity index is 502. The molecule has 0 saturated heterocycles. The fourth-order valence-corrected chi connectivity index (χ4v) is 1.39. The van der Waals surface area contributed by atoms with Crippen LogP contribution in [-0.4, -0.2) is 10.8 Å². The number of nitrogens with zero attached hydrogens (tertiary/aromatic N) is 1. The van der Waals surface area contributed by atoms with E-state index >= 15 is 0 Å². The van der Waals surface area contributed by atoms with E-state index in [0.717, 1.165) is 0 Å². The Morgan fingerprint density at radius 2 is 2.33 bits per heavy atom. The largest absolute Gasteiger partial charge is 0.438 e. The fourth-order valence-electron chi connectivity index (χ4n) is 1.39. The highest BCUT2D eigenvalue weighted by Gasteiger charge is 2.10. The average Bonchev–Trinajstić information content (AvgIpc) is 2.62. The van der Waals surface area contributed by atoms with E-state index in [-0.39, 0.29) is 12.2 Å². The minimum atomic E-state index is 0.111.